The molecular weight excluding hydrogens is 226 g/mol. The van der Waals surface area contributed by atoms with E-state index >= 15 is 0 Å². The Hall–Kier alpha value is -1.35. The monoisotopic (exact) mass is 249 g/mol. The smallest absolute Gasteiger partial charge is 0.303 e. The van der Waals surface area contributed by atoms with Crippen LogP contribution in [-0.2, 0) is 11.3 Å². The van der Waals surface area contributed by atoms with Gasteiger partial charge in [0.1, 0.15) is 0 Å². The van der Waals surface area contributed by atoms with Crippen molar-refractivity contribution in [3.8, 4) is 0 Å². The van der Waals surface area contributed by atoms with Crippen LogP contribution >= 0.6 is 0 Å². The molecule has 0 aromatic heterocycles. The number of carbonyl (C=O) groups is 1. The fraction of sp³-hybridized carbons (Fsp3) is 0.533. The first kappa shape index (κ1) is 14.7. The van der Waals surface area contributed by atoms with Gasteiger partial charge in [-0.15, -0.1) is 0 Å². The van der Waals surface area contributed by atoms with Crippen LogP contribution in [0.1, 0.15) is 38.7 Å². The summed E-state index contributed by atoms with van der Waals surface area (Å²) in [5, 5.41) is 8.69. The Morgan fingerprint density at radius 3 is 2.56 bits per heavy atom. The molecular formula is C15H23NO2. The molecule has 0 bridgehead atoms. The highest BCUT2D eigenvalue weighted by atomic mass is 16.4. The summed E-state index contributed by atoms with van der Waals surface area (Å²) in [5.74, 6) is -0.709. The summed E-state index contributed by atoms with van der Waals surface area (Å²) < 4.78 is 0. The normalized spacial score (nSPS) is 12.6. The van der Waals surface area contributed by atoms with Crippen molar-refractivity contribution < 1.29 is 9.90 Å². The van der Waals surface area contributed by atoms with Gasteiger partial charge in [-0.3, -0.25) is 9.69 Å². The first-order valence-electron chi connectivity index (χ1n) is 6.63. The lowest BCUT2D eigenvalue weighted by Crippen LogP contribution is -2.33. The molecule has 1 aromatic carbocycles. The predicted octanol–water partition coefficient (Wildman–Crippen LogP) is 3.15. The number of aliphatic carboxylic acids is 1. The highest BCUT2D eigenvalue weighted by Crippen LogP contribution is 2.11. The van der Waals surface area contributed by atoms with Crippen LogP contribution in [0.15, 0.2) is 30.3 Å². The molecule has 1 N–H and O–H groups in total. The molecule has 0 aliphatic rings. The quantitative estimate of drug-likeness (QED) is 0.769. The lowest BCUT2D eigenvalue weighted by Gasteiger charge is -2.28. The van der Waals surface area contributed by atoms with Crippen LogP contribution in [0.25, 0.3) is 0 Å². The molecule has 100 valence electrons. The number of hydrogen-bond donors (Lipinski definition) is 1. The molecule has 0 aliphatic heterocycles. The second-order valence-electron chi connectivity index (χ2n) is 4.71. The molecule has 0 saturated carbocycles. The van der Waals surface area contributed by atoms with Gasteiger partial charge in [-0.2, -0.15) is 0 Å². The molecule has 1 aromatic rings. The van der Waals surface area contributed by atoms with Crippen molar-refractivity contribution in [1.82, 2.24) is 4.90 Å². The lowest BCUT2D eigenvalue weighted by molar-refractivity contribution is -0.137. The van der Waals surface area contributed by atoms with Crippen LogP contribution in [0.2, 0.25) is 0 Å². The summed E-state index contributed by atoms with van der Waals surface area (Å²) in [6.45, 7) is 6.11. The zero-order valence-electron chi connectivity index (χ0n) is 11.3. The van der Waals surface area contributed by atoms with Crippen molar-refractivity contribution in [1.29, 1.82) is 0 Å². The van der Waals surface area contributed by atoms with Gasteiger partial charge in [-0.1, -0.05) is 37.3 Å². The molecule has 1 rings (SSSR count). The molecule has 18 heavy (non-hydrogen) atoms. The van der Waals surface area contributed by atoms with Gasteiger partial charge in [0.15, 0.2) is 0 Å². The minimum Gasteiger partial charge on any atom is -0.481 e. The molecule has 0 spiro atoms. The average Bonchev–Trinajstić information content (AvgIpc) is 2.37. The van der Waals surface area contributed by atoms with Crippen LogP contribution in [0.5, 0.6) is 0 Å². The van der Waals surface area contributed by atoms with Crippen molar-refractivity contribution in [2.75, 3.05) is 6.54 Å². The first-order chi connectivity index (χ1) is 8.63. The molecule has 0 saturated heterocycles. The van der Waals surface area contributed by atoms with Gasteiger partial charge in [0.25, 0.3) is 0 Å². The van der Waals surface area contributed by atoms with Crippen molar-refractivity contribution in [2.24, 2.45) is 0 Å². The van der Waals surface area contributed by atoms with Gasteiger partial charge < -0.3 is 5.11 Å². The van der Waals surface area contributed by atoms with E-state index in [1.807, 2.05) is 18.2 Å². The molecule has 3 nitrogen and oxygen atoms in total. The number of benzene rings is 1. The van der Waals surface area contributed by atoms with Gasteiger partial charge in [0, 0.05) is 19.0 Å². The number of nitrogens with zero attached hydrogens (tertiary/aromatic N) is 1. The Labute approximate surface area is 109 Å². The summed E-state index contributed by atoms with van der Waals surface area (Å²) in [4.78, 5) is 12.9. The minimum absolute atomic E-state index is 0.252. The second kappa shape index (κ2) is 7.88. The van der Waals surface area contributed by atoms with Gasteiger partial charge >= 0.3 is 5.97 Å². The highest BCUT2D eigenvalue weighted by Gasteiger charge is 2.12. The third-order valence-electron chi connectivity index (χ3n) is 3.28. The zero-order chi connectivity index (χ0) is 13.4. The van der Waals surface area contributed by atoms with E-state index in [0.717, 1.165) is 19.5 Å². The SMILES string of the molecule is CCC(C)N(CCCC(=O)O)Cc1ccccc1. The van der Waals surface area contributed by atoms with E-state index in [9.17, 15) is 4.79 Å². The summed E-state index contributed by atoms with van der Waals surface area (Å²) in [6, 6.07) is 10.8. The minimum atomic E-state index is -0.709. The fourth-order valence-electron chi connectivity index (χ4n) is 1.96. The Balaban J connectivity index is 2.53. The number of carboxylic acid groups (broad SMARTS) is 1. The Morgan fingerprint density at radius 2 is 2.00 bits per heavy atom. The van der Waals surface area contributed by atoms with Gasteiger partial charge in [0.05, 0.1) is 0 Å². The van der Waals surface area contributed by atoms with Crippen molar-refractivity contribution >= 4 is 5.97 Å². The van der Waals surface area contributed by atoms with E-state index in [1.54, 1.807) is 0 Å². The maximum atomic E-state index is 10.6. The van der Waals surface area contributed by atoms with Crippen LogP contribution in [0.3, 0.4) is 0 Å². The van der Waals surface area contributed by atoms with Gasteiger partial charge in [-0.25, -0.2) is 0 Å². The maximum Gasteiger partial charge on any atom is 0.303 e. The number of carboxylic acids is 1. The van der Waals surface area contributed by atoms with E-state index in [2.05, 4.69) is 30.9 Å². The van der Waals surface area contributed by atoms with E-state index in [4.69, 9.17) is 5.11 Å². The van der Waals surface area contributed by atoms with Crippen LogP contribution in [-0.4, -0.2) is 28.6 Å². The average molecular weight is 249 g/mol. The summed E-state index contributed by atoms with van der Waals surface area (Å²) in [7, 11) is 0. The third-order valence-corrected chi connectivity index (χ3v) is 3.28. The second-order valence-corrected chi connectivity index (χ2v) is 4.71. The topological polar surface area (TPSA) is 40.5 Å². The largest absolute Gasteiger partial charge is 0.481 e. The Kier molecular flexibility index (Phi) is 6.44. The Bertz CT molecular complexity index is 351. The highest BCUT2D eigenvalue weighted by molar-refractivity contribution is 5.66. The van der Waals surface area contributed by atoms with Crippen LogP contribution in [0, 0.1) is 0 Å². The van der Waals surface area contributed by atoms with Crippen molar-refractivity contribution in [2.45, 2.75) is 45.7 Å². The van der Waals surface area contributed by atoms with Gasteiger partial charge in [0.2, 0.25) is 0 Å². The van der Waals surface area contributed by atoms with E-state index in [1.165, 1.54) is 5.56 Å². The summed E-state index contributed by atoms with van der Waals surface area (Å²) in [6.07, 6.45) is 2.05. The van der Waals surface area contributed by atoms with E-state index < -0.39 is 5.97 Å². The molecule has 1 unspecified atom stereocenters. The summed E-state index contributed by atoms with van der Waals surface area (Å²) in [5.41, 5.74) is 1.29. The molecule has 0 aliphatic carbocycles. The Morgan fingerprint density at radius 1 is 1.33 bits per heavy atom. The molecule has 0 amide bonds. The molecule has 1 atom stereocenters. The third kappa shape index (κ3) is 5.32. The first-order valence-corrected chi connectivity index (χ1v) is 6.63. The predicted molar refractivity (Wildman–Crippen MR) is 73.5 cm³/mol. The van der Waals surface area contributed by atoms with E-state index in [0.29, 0.717) is 12.5 Å². The maximum absolute atomic E-state index is 10.6. The molecule has 3 heteroatoms. The molecule has 0 heterocycles. The van der Waals surface area contributed by atoms with Gasteiger partial charge in [-0.05, 0) is 31.9 Å². The standard InChI is InChI=1S/C15H23NO2/c1-3-13(2)16(11-7-10-15(17)18)12-14-8-5-4-6-9-14/h4-6,8-9,13H,3,7,10-12H2,1-2H3,(H,17,18). The number of rotatable bonds is 8. The number of hydrogen-bond acceptors (Lipinski definition) is 2. The van der Waals surface area contributed by atoms with Crippen LogP contribution < -0.4 is 0 Å². The zero-order valence-corrected chi connectivity index (χ0v) is 11.3. The molecule has 0 radical (unpaired) electrons. The lowest BCUT2D eigenvalue weighted by atomic mass is 10.1. The molecule has 0 fully saturated rings. The fourth-order valence-corrected chi connectivity index (χ4v) is 1.96. The van der Waals surface area contributed by atoms with Crippen molar-refractivity contribution in [3.63, 3.8) is 0 Å². The van der Waals surface area contributed by atoms with E-state index in [-0.39, 0.29) is 6.42 Å². The summed E-state index contributed by atoms with van der Waals surface area (Å²) >= 11 is 0. The van der Waals surface area contributed by atoms with Crippen molar-refractivity contribution in [3.05, 3.63) is 35.9 Å². The van der Waals surface area contributed by atoms with Crippen LogP contribution in [0.4, 0.5) is 0 Å².